The Kier molecular flexibility index (Phi) is 4.09. The molecule has 1 unspecified atom stereocenters. The highest BCUT2D eigenvalue weighted by molar-refractivity contribution is 5.74. The predicted molar refractivity (Wildman–Crippen MR) is 80.7 cm³/mol. The van der Waals surface area contributed by atoms with Crippen molar-refractivity contribution in [2.45, 2.75) is 38.9 Å². The average Bonchev–Trinajstić information content (AvgIpc) is 3.12. The standard InChI is InChI=1S/C16H19FN4O/c1-2-21-8-7-13(20-21)10-18-16(22)19-15-6-4-11-3-5-12(17)9-14(11)15/h3,5,7-9,15H,2,4,6,10H2,1H3,(H2,18,19,22). The molecule has 1 aliphatic rings. The second-order valence-corrected chi connectivity index (χ2v) is 5.42. The van der Waals surface area contributed by atoms with E-state index in [9.17, 15) is 9.18 Å². The van der Waals surface area contributed by atoms with E-state index >= 15 is 0 Å². The van der Waals surface area contributed by atoms with Gasteiger partial charge in [0.05, 0.1) is 18.3 Å². The Bertz CT molecular complexity index is 683. The molecular weight excluding hydrogens is 283 g/mol. The SMILES string of the molecule is CCn1ccc(CNC(=O)NC2CCc3ccc(F)cc32)n1. The Balaban J connectivity index is 1.56. The Morgan fingerprint density at radius 2 is 2.32 bits per heavy atom. The minimum Gasteiger partial charge on any atom is -0.332 e. The molecule has 0 aliphatic heterocycles. The zero-order valence-electron chi connectivity index (χ0n) is 12.5. The van der Waals surface area contributed by atoms with E-state index in [1.807, 2.05) is 23.9 Å². The number of halogens is 1. The zero-order chi connectivity index (χ0) is 15.5. The summed E-state index contributed by atoms with van der Waals surface area (Å²) in [4.78, 5) is 12.0. The fraction of sp³-hybridized carbons (Fsp3) is 0.375. The summed E-state index contributed by atoms with van der Waals surface area (Å²) in [5.74, 6) is -0.266. The molecule has 0 radical (unpaired) electrons. The van der Waals surface area contributed by atoms with Gasteiger partial charge in [0.25, 0.3) is 0 Å². The van der Waals surface area contributed by atoms with E-state index < -0.39 is 0 Å². The number of rotatable bonds is 4. The molecule has 0 fully saturated rings. The second-order valence-electron chi connectivity index (χ2n) is 5.42. The van der Waals surface area contributed by atoms with Gasteiger partial charge in [-0.15, -0.1) is 0 Å². The quantitative estimate of drug-likeness (QED) is 0.912. The van der Waals surface area contributed by atoms with Gasteiger partial charge in [0.2, 0.25) is 0 Å². The average molecular weight is 302 g/mol. The largest absolute Gasteiger partial charge is 0.332 e. The van der Waals surface area contributed by atoms with Gasteiger partial charge in [-0.25, -0.2) is 9.18 Å². The molecule has 1 aromatic carbocycles. The van der Waals surface area contributed by atoms with Gasteiger partial charge in [-0.2, -0.15) is 5.10 Å². The van der Waals surface area contributed by atoms with Crippen molar-refractivity contribution in [2.75, 3.05) is 0 Å². The summed E-state index contributed by atoms with van der Waals surface area (Å²) >= 11 is 0. The maximum absolute atomic E-state index is 13.3. The number of hydrogen-bond donors (Lipinski definition) is 2. The molecule has 2 N–H and O–H groups in total. The van der Waals surface area contributed by atoms with E-state index in [2.05, 4.69) is 15.7 Å². The first-order valence-corrected chi connectivity index (χ1v) is 7.50. The number of nitrogens with zero attached hydrogens (tertiary/aromatic N) is 2. The van der Waals surface area contributed by atoms with Gasteiger partial charge in [0, 0.05) is 12.7 Å². The lowest BCUT2D eigenvalue weighted by molar-refractivity contribution is 0.236. The summed E-state index contributed by atoms with van der Waals surface area (Å²) in [7, 11) is 0. The maximum atomic E-state index is 13.3. The van der Waals surface area contributed by atoms with Crippen LogP contribution in [0, 0.1) is 5.82 Å². The lowest BCUT2D eigenvalue weighted by Crippen LogP contribution is -2.37. The molecule has 6 heteroatoms. The third kappa shape index (κ3) is 3.10. The van der Waals surface area contributed by atoms with E-state index in [0.29, 0.717) is 6.54 Å². The predicted octanol–water partition coefficient (Wildman–Crippen LogP) is 2.53. The third-order valence-electron chi connectivity index (χ3n) is 3.94. The Labute approximate surface area is 128 Å². The van der Waals surface area contributed by atoms with Crippen LogP contribution < -0.4 is 10.6 Å². The lowest BCUT2D eigenvalue weighted by Gasteiger charge is -2.14. The van der Waals surface area contributed by atoms with E-state index in [1.54, 1.807) is 6.07 Å². The van der Waals surface area contributed by atoms with Gasteiger partial charge in [-0.3, -0.25) is 4.68 Å². The van der Waals surface area contributed by atoms with Crippen LogP contribution in [0.1, 0.15) is 36.2 Å². The molecule has 2 amide bonds. The number of aromatic nitrogens is 2. The smallest absolute Gasteiger partial charge is 0.315 e. The Hall–Kier alpha value is -2.37. The van der Waals surface area contributed by atoms with E-state index in [0.717, 1.165) is 36.2 Å². The summed E-state index contributed by atoms with van der Waals surface area (Å²) in [6, 6.07) is 6.26. The lowest BCUT2D eigenvalue weighted by atomic mass is 10.1. The van der Waals surface area contributed by atoms with Crippen LogP contribution in [0.3, 0.4) is 0 Å². The number of nitrogens with one attached hydrogen (secondary N) is 2. The van der Waals surface area contributed by atoms with E-state index in [1.165, 1.54) is 12.1 Å². The van der Waals surface area contributed by atoms with Crippen molar-refractivity contribution in [1.82, 2.24) is 20.4 Å². The highest BCUT2D eigenvalue weighted by atomic mass is 19.1. The molecule has 116 valence electrons. The second kappa shape index (κ2) is 6.17. The molecule has 5 nitrogen and oxygen atoms in total. The molecule has 0 bridgehead atoms. The van der Waals surface area contributed by atoms with Crippen LogP contribution in [0.25, 0.3) is 0 Å². The van der Waals surface area contributed by atoms with Crippen LogP contribution in [0.5, 0.6) is 0 Å². The van der Waals surface area contributed by atoms with Gasteiger partial charge < -0.3 is 10.6 Å². The number of carbonyl (C=O) groups is 1. The third-order valence-corrected chi connectivity index (χ3v) is 3.94. The molecular formula is C16H19FN4O. The minimum absolute atomic E-state index is 0.126. The fourth-order valence-electron chi connectivity index (χ4n) is 2.78. The van der Waals surface area contributed by atoms with Crippen molar-refractivity contribution >= 4 is 6.03 Å². The van der Waals surface area contributed by atoms with Crippen LogP contribution >= 0.6 is 0 Å². The van der Waals surface area contributed by atoms with Crippen molar-refractivity contribution in [1.29, 1.82) is 0 Å². The highest BCUT2D eigenvalue weighted by Crippen LogP contribution is 2.31. The minimum atomic E-state index is -0.266. The molecule has 3 rings (SSSR count). The number of urea groups is 1. The van der Waals surface area contributed by atoms with Gasteiger partial charge in [0.1, 0.15) is 5.82 Å². The Morgan fingerprint density at radius 1 is 1.45 bits per heavy atom. The van der Waals surface area contributed by atoms with Crippen LogP contribution in [-0.2, 0) is 19.5 Å². The number of aryl methyl sites for hydroxylation is 2. The summed E-state index contributed by atoms with van der Waals surface area (Å²) in [5.41, 5.74) is 2.80. The molecule has 22 heavy (non-hydrogen) atoms. The van der Waals surface area contributed by atoms with E-state index in [-0.39, 0.29) is 17.9 Å². The molecule has 1 atom stereocenters. The molecule has 0 saturated heterocycles. The van der Waals surface area contributed by atoms with Crippen molar-refractivity contribution in [3.63, 3.8) is 0 Å². The van der Waals surface area contributed by atoms with Crippen LogP contribution in [-0.4, -0.2) is 15.8 Å². The van der Waals surface area contributed by atoms with Gasteiger partial charge in [-0.05, 0) is 49.1 Å². The van der Waals surface area contributed by atoms with Gasteiger partial charge in [-0.1, -0.05) is 6.07 Å². The zero-order valence-corrected chi connectivity index (χ0v) is 12.5. The topological polar surface area (TPSA) is 59.0 Å². The van der Waals surface area contributed by atoms with Crippen molar-refractivity contribution in [3.05, 3.63) is 53.1 Å². The molecule has 1 aliphatic carbocycles. The molecule has 1 heterocycles. The number of carbonyl (C=O) groups excluding carboxylic acids is 1. The van der Waals surface area contributed by atoms with Crippen molar-refractivity contribution in [3.8, 4) is 0 Å². The van der Waals surface area contributed by atoms with Crippen molar-refractivity contribution in [2.24, 2.45) is 0 Å². The van der Waals surface area contributed by atoms with Crippen LogP contribution in [0.2, 0.25) is 0 Å². The number of hydrogen-bond acceptors (Lipinski definition) is 2. The first kappa shape index (κ1) is 14.6. The molecule has 2 aromatic rings. The first-order chi connectivity index (χ1) is 10.7. The monoisotopic (exact) mass is 302 g/mol. The highest BCUT2D eigenvalue weighted by Gasteiger charge is 2.24. The fourth-order valence-corrected chi connectivity index (χ4v) is 2.78. The van der Waals surface area contributed by atoms with Crippen LogP contribution in [0.4, 0.5) is 9.18 Å². The number of fused-ring (bicyclic) bond motifs is 1. The summed E-state index contributed by atoms with van der Waals surface area (Å²) in [6.45, 7) is 3.19. The number of benzene rings is 1. The van der Waals surface area contributed by atoms with E-state index in [4.69, 9.17) is 0 Å². The molecule has 0 spiro atoms. The summed E-state index contributed by atoms with van der Waals surface area (Å²) in [5, 5.41) is 10.00. The Morgan fingerprint density at radius 3 is 3.09 bits per heavy atom. The number of amides is 2. The van der Waals surface area contributed by atoms with Crippen molar-refractivity contribution < 1.29 is 9.18 Å². The normalized spacial score (nSPS) is 16.4. The maximum Gasteiger partial charge on any atom is 0.315 e. The molecule has 1 aromatic heterocycles. The van der Waals surface area contributed by atoms with Gasteiger partial charge >= 0.3 is 6.03 Å². The first-order valence-electron chi connectivity index (χ1n) is 7.50. The van der Waals surface area contributed by atoms with Gasteiger partial charge in [0.15, 0.2) is 0 Å². The summed E-state index contributed by atoms with van der Waals surface area (Å²) < 4.78 is 15.1. The summed E-state index contributed by atoms with van der Waals surface area (Å²) in [6.07, 6.45) is 3.54. The molecule has 0 saturated carbocycles. The van der Waals surface area contributed by atoms with Crippen LogP contribution in [0.15, 0.2) is 30.5 Å².